The number of aryl methyl sites for hydroxylation is 2. The Morgan fingerprint density at radius 2 is 2.10 bits per heavy atom. The second-order valence-corrected chi connectivity index (χ2v) is 6.56. The van der Waals surface area contributed by atoms with E-state index in [1.54, 1.807) is 6.92 Å². The van der Waals surface area contributed by atoms with Gasteiger partial charge in [0.2, 0.25) is 0 Å². The molecule has 112 valence electrons. The van der Waals surface area contributed by atoms with Crippen molar-refractivity contribution in [1.29, 1.82) is 0 Å². The summed E-state index contributed by atoms with van der Waals surface area (Å²) in [6.45, 7) is 1.59. The van der Waals surface area contributed by atoms with E-state index < -0.39 is 16.0 Å². The first-order valence-corrected chi connectivity index (χ1v) is 7.78. The molecule has 2 aromatic rings. The molecule has 0 aliphatic heterocycles. The molecular weight excluding hydrogens is 366 g/mol. The van der Waals surface area contributed by atoms with E-state index in [2.05, 4.69) is 36.1 Å². The lowest BCUT2D eigenvalue weighted by Crippen LogP contribution is -2.16. The fourth-order valence-electron chi connectivity index (χ4n) is 1.56. The molecule has 0 aliphatic carbocycles. The number of aromatic nitrogens is 4. The zero-order chi connectivity index (χ0) is 15.8. The van der Waals surface area contributed by atoms with Crippen molar-refractivity contribution in [1.82, 2.24) is 20.2 Å². The zero-order valence-electron chi connectivity index (χ0n) is 10.9. The van der Waals surface area contributed by atoms with E-state index >= 15 is 0 Å². The first-order chi connectivity index (χ1) is 9.70. The molecular formula is C10H10BrN5O4S. The highest BCUT2D eigenvalue weighted by atomic mass is 79.9. The Balaban J connectivity index is 2.51. The summed E-state index contributed by atoms with van der Waals surface area (Å²) in [5, 5.41) is 19.7. The SMILES string of the molecule is Cc1cc(C(=O)O)cc(S(=O)(=O)Nc2nnn(C)n2)c1Br. The highest BCUT2D eigenvalue weighted by Gasteiger charge is 2.23. The van der Waals surface area contributed by atoms with Gasteiger partial charge in [0.25, 0.3) is 16.0 Å². The van der Waals surface area contributed by atoms with Crippen molar-refractivity contribution < 1.29 is 18.3 Å². The van der Waals surface area contributed by atoms with Crippen LogP contribution in [0, 0.1) is 6.92 Å². The lowest BCUT2D eigenvalue weighted by Gasteiger charge is -2.10. The van der Waals surface area contributed by atoms with Crippen LogP contribution in [-0.2, 0) is 17.1 Å². The molecule has 11 heteroatoms. The quantitative estimate of drug-likeness (QED) is 0.807. The molecule has 0 radical (unpaired) electrons. The summed E-state index contributed by atoms with van der Waals surface area (Å²) in [6.07, 6.45) is 0. The molecule has 21 heavy (non-hydrogen) atoms. The van der Waals surface area contributed by atoms with Crippen LogP contribution in [0.25, 0.3) is 0 Å². The predicted octanol–water partition coefficient (Wildman–Crippen LogP) is 0.780. The molecule has 1 aromatic carbocycles. The van der Waals surface area contributed by atoms with Crippen LogP contribution in [0.5, 0.6) is 0 Å². The molecule has 0 saturated heterocycles. The summed E-state index contributed by atoms with van der Waals surface area (Å²) in [6, 6.07) is 2.42. The van der Waals surface area contributed by atoms with Crippen molar-refractivity contribution in [2.75, 3.05) is 4.72 Å². The topological polar surface area (TPSA) is 127 Å². The zero-order valence-corrected chi connectivity index (χ0v) is 13.3. The summed E-state index contributed by atoms with van der Waals surface area (Å²) >= 11 is 3.14. The van der Waals surface area contributed by atoms with Gasteiger partial charge in [0.1, 0.15) is 4.90 Å². The predicted molar refractivity (Wildman–Crippen MR) is 75.4 cm³/mol. The Kier molecular flexibility index (Phi) is 3.96. The number of carboxylic acid groups (broad SMARTS) is 1. The lowest BCUT2D eigenvalue weighted by atomic mass is 10.1. The van der Waals surface area contributed by atoms with Crippen LogP contribution in [-0.4, -0.2) is 39.7 Å². The maximum absolute atomic E-state index is 12.3. The molecule has 0 bridgehead atoms. The van der Waals surface area contributed by atoms with Gasteiger partial charge in [-0.05, 0) is 45.8 Å². The Morgan fingerprint density at radius 3 is 2.62 bits per heavy atom. The third-order valence-electron chi connectivity index (χ3n) is 2.49. The lowest BCUT2D eigenvalue weighted by molar-refractivity contribution is 0.0696. The average molecular weight is 376 g/mol. The Bertz CT molecular complexity index is 817. The fraction of sp³-hybridized carbons (Fsp3) is 0.200. The maximum atomic E-state index is 12.3. The number of hydrogen-bond acceptors (Lipinski definition) is 6. The van der Waals surface area contributed by atoms with Gasteiger partial charge in [0, 0.05) is 4.47 Å². The highest BCUT2D eigenvalue weighted by Crippen LogP contribution is 2.28. The third kappa shape index (κ3) is 3.19. The molecule has 0 fully saturated rings. The van der Waals surface area contributed by atoms with Crippen molar-refractivity contribution in [3.8, 4) is 0 Å². The van der Waals surface area contributed by atoms with Crippen LogP contribution in [0.15, 0.2) is 21.5 Å². The number of carboxylic acids is 1. The van der Waals surface area contributed by atoms with Crippen LogP contribution >= 0.6 is 15.9 Å². The summed E-state index contributed by atoms with van der Waals surface area (Å²) in [5.41, 5.74) is 0.338. The smallest absolute Gasteiger partial charge is 0.335 e. The second kappa shape index (κ2) is 5.41. The molecule has 0 aliphatic rings. The van der Waals surface area contributed by atoms with Crippen molar-refractivity contribution in [2.24, 2.45) is 7.05 Å². The number of rotatable bonds is 4. The van der Waals surface area contributed by atoms with Gasteiger partial charge in [-0.3, -0.25) is 0 Å². The Labute approximate surface area is 128 Å². The molecule has 1 aromatic heterocycles. The molecule has 0 amide bonds. The van der Waals surface area contributed by atoms with Gasteiger partial charge in [0.15, 0.2) is 0 Å². The van der Waals surface area contributed by atoms with Crippen molar-refractivity contribution >= 4 is 37.9 Å². The summed E-state index contributed by atoms with van der Waals surface area (Å²) in [4.78, 5) is 11.9. The maximum Gasteiger partial charge on any atom is 0.335 e. The Morgan fingerprint density at radius 1 is 1.43 bits per heavy atom. The van der Waals surface area contributed by atoms with Crippen LogP contribution in [0.1, 0.15) is 15.9 Å². The molecule has 9 nitrogen and oxygen atoms in total. The number of sulfonamides is 1. The minimum atomic E-state index is -4.05. The van der Waals surface area contributed by atoms with E-state index in [1.165, 1.54) is 13.1 Å². The van der Waals surface area contributed by atoms with Gasteiger partial charge in [-0.25, -0.2) is 17.9 Å². The van der Waals surface area contributed by atoms with Crippen LogP contribution < -0.4 is 4.72 Å². The van der Waals surface area contributed by atoms with Gasteiger partial charge < -0.3 is 5.11 Å². The van der Waals surface area contributed by atoms with E-state index in [9.17, 15) is 13.2 Å². The van der Waals surface area contributed by atoms with Crippen molar-refractivity contribution in [2.45, 2.75) is 11.8 Å². The molecule has 0 saturated carbocycles. The summed E-state index contributed by atoms with van der Waals surface area (Å²) in [7, 11) is -2.57. The number of nitrogens with zero attached hydrogens (tertiary/aromatic N) is 4. The molecule has 1 heterocycles. The molecule has 0 atom stereocenters. The summed E-state index contributed by atoms with van der Waals surface area (Å²) < 4.78 is 27.0. The number of tetrazole rings is 1. The minimum absolute atomic E-state index is 0.136. The molecule has 2 N–H and O–H groups in total. The van der Waals surface area contributed by atoms with Gasteiger partial charge in [-0.2, -0.15) is 4.80 Å². The van der Waals surface area contributed by atoms with E-state index in [0.29, 0.717) is 5.56 Å². The van der Waals surface area contributed by atoms with Gasteiger partial charge in [-0.1, -0.05) is 5.10 Å². The van der Waals surface area contributed by atoms with Gasteiger partial charge in [-0.15, -0.1) is 5.10 Å². The summed E-state index contributed by atoms with van der Waals surface area (Å²) in [5.74, 6) is -1.43. The Hall–Kier alpha value is -2.01. The third-order valence-corrected chi connectivity index (χ3v) is 5.16. The number of carbonyl (C=O) groups is 1. The van der Waals surface area contributed by atoms with E-state index in [-0.39, 0.29) is 20.9 Å². The van der Waals surface area contributed by atoms with Crippen LogP contribution in [0.3, 0.4) is 0 Å². The minimum Gasteiger partial charge on any atom is -0.478 e. The standard InChI is InChI=1S/C10H10BrN5O4S/c1-5-3-6(9(17)18)4-7(8(5)11)21(19,20)14-10-12-15-16(2)13-10/h3-4H,1-2H3,(H,13,14)(H,17,18). The molecule has 0 unspecified atom stereocenters. The highest BCUT2D eigenvalue weighted by molar-refractivity contribution is 9.10. The number of halogens is 1. The van der Waals surface area contributed by atoms with Gasteiger partial charge >= 0.3 is 5.97 Å². The number of anilines is 1. The van der Waals surface area contributed by atoms with E-state index in [1.807, 2.05) is 0 Å². The second-order valence-electron chi connectivity index (χ2n) is 4.12. The van der Waals surface area contributed by atoms with Crippen molar-refractivity contribution in [3.05, 3.63) is 27.7 Å². The monoisotopic (exact) mass is 375 g/mol. The van der Waals surface area contributed by atoms with E-state index in [4.69, 9.17) is 5.11 Å². The first-order valence-electron chi connectivity index (χ1n) is 5.51. The normalized spacial score (nSPS) is 11.4. The van der Waals surface area contributed by atoms with Crippen LogP contribution in [0.2, 0.25) is 0 Å². The molecule has 0 spiro atoms. The average Bonchev–Trinajstić information content (AvgIpc) is 2.76. The largest absolute Gasteiger partial charge is 0.478 e. The fourth-order valence-corrected chi connectivity index (χ4v) is 3.54. The number of nitrogens with one attached hydrogen (secondary N) is 1. The molecule has 2 rings (SSSR count). The number of hydrogen-bond donors (Lipinski definition) is 2. The van der Waals surface area contributed by atoms with Crippen molar-refractivity contribution in [3.63, 3.8) is 0 Å². The number of aromatic carboxylic acids is 1. The van der Waals surface area contributed by atoms with Crippen LogP contribution in [0.4, 0.5) is 5.95 Å². The van der Waals surface area contributed by atoms with E-state index in [0.717, 1.165) is 10.9 Å². The number of benzene rings is 1. The van der Waals surface area contributed by atoms with Gasteiger partial charge in [0.05, 0.1) is 12.6 Å². The first kappa shape index (κ1) is 15.4.